The minimum atomic E-state index is 0.744. The second-order valence-electron chi connectivity index (χ2n) is 4.73. The van der Waals surface area contributed by atoms with Crippen molar-refractivity contribution in [3.05, 3.63) is 34.2 Å². The first-order valence-corrected chi connectivity index (χ1v) is 7.86. The van der Waals surface area contributed by atoms with E-state index in [2.05, 4.69) is 24.4 Å². The number of methoxy groups -OCH3 is 2. The third-order valence-electron chi connectivity index (χ3n) is 3.20. The first kappa shape index (κ1) is 15.9. The molecule has 0 saturated carbocycles. The molecule has 0 spiro atoms. The number of hydrogen-bond acceptors (Lipinski definition) is 5. The van der Waals surface area contributed by atoms with Gasteiger partial charge in [0.2, 0.25) is 0 Å². The van der Waals surface area contributed by atoms with E-state index >= 15 is 0 Å². The van der Waals surface area contributed by atoms with E-state index in [-0.39, 0.29) is 0 Å². The zero-order valence-electron chi connectivity index (χ0n) is 12.8. The molecular formula is C16H22N2O2S. The van der Waals surface area contributed by atoms with Gasteiger partial charge in [0.25, 0.3) is 0 Å². The van der Waals surface area contributed by atoms with Gasteiger partial charge in [-0.05, 0) is 31.2 Å². The quantitative estimate of drug-likeness (QED) is 0.762. The average Bonchev–Trinajstić information content (AvgIpc) is 2.88. The van der Waals surface area contributed by atoms with E-state index in [1.807, 2.05) is 12.1 Å². The molecule has 0 bridgehead atoms. The summed E-state index contributed by atoms with van der Waals surface area (Å²) in [7, 11) is 3.39. The van der Waals surface area contributed by atoms with Gasteiger partial charge in [-0.1, -0.05) is 0 Å². The van der Waals surface area contributed by atoms with E-state index in [9.17, 15) is 0 Å². The van der Waals surface area contributed by atoms with Crippen LogP contribution in [-0.2, 0) is 11.2 Å². The molecule has 1 heterocycles. The fourth-order valence-corrected chi connectivity index (χ4v) is 3.02. The first-order chi connectivity index (χ1) is 10.2. The highest BCUT2D eigenvalue weighted by Crippen LogP contribution is 2.28. The molecule has 1 aromatic carbocycles. The number of thiazole rings is 1. The van der Waals surface area contributed by atoms with Gasteiger partial charge in [0.05, 0.1) is 24.4 Å². The Hall–Kier alpha value is -1.43. The Morgan fingerprint density at radius 1 is 1.14 bits per heavy atom. The summed E-state index contributed by atoms with van der Waals surface area (Å²) in [6.45, 7) is 4.68. The van der Waals surface area contributed by atoms with Gasteiger partial charge in [-0.2, -0.15) is 0 Å². The highest BCUT2D eigenvalue weighted by Gasteiger charge is 2.09. The van der Waals surface area contributed by atoms with Crippen LogP contribution < -0.4 is 10.1 Å². The Morgan fingerprint density at radius 2 is 1.90 bits per heavy atom. The van der Waals surface area contributed by atoms with Crippen LogP contribution in [0, 0.1) is 6.92 Å². The van der Waals surface area contributed by atoms with Crippen molar-refractivity contribution in [1.82, 2.24) is 10.3 Å². The van der Waals surface area contributed by atoms with Crippen LogP contribution in [0.3, 0.4) is 0 Å². The standard InChI is InChI=1S/C16H22N2O2S/c1-12-16(13-4-6-14(20-3)7-5-13)18-15(21-12)8-9-17-10-11-19-2/h4-7,17H,8-11H2,1-3H3. The van der Waals surface area contributed by atoms with Gasteiger partial charge in [-0.25, -0.2) is 4.98 Å². The summed E-state index contributed by atoms with van der Waals surface area (Å²) in [6, 6.07) is 8.06. The molecule has 21 heavy (non-hydrogen) atoms. The van der Waals surface area contributed by atoms with Crippen molar-refractivity contribution >= 4 is 11.3 Å². The monoisotopic (exact) mass is 306 g/mol. The van der Waals surface area contributed by atoms with E-state index < -0.39 is 0 Å². The minimum absolute atomic E-state index is 0.744. The molecule has 0 radical (unpaired) electrons. The zero-order valence-corrected chi connectivity index (χ0v) is 13.6. The van der Waals surface area contributed by atoms with Crippen LogP contribution in [0.2, 0.25) is 0 Å². The molecule has 2 aromatic rings. The number of rotatable bonds is 8. The molecule has 0 aliphatic heterocycles. The summed E-state index contributed by atoms with van der Waals surface area (Å²) < 4.78 is 10.2. The molecule has 0 atom stereocenters. The molecule has 0 amide bonds. The van der Waals surface area contributed by atoms with Gasteiger partial charge in [-0.15, -0.1) is 11.3 Å². The van der Waals surface area contributed by atoms with Crippen LogP contribution in [0.15, 0.2) is 24.3 Å². The Morgan fingerprint density at radius 3 is 2.57 bits per heavy atom. The second-order valence-corrected chi connectivity index (χ2v) is 6.02. The van der Waals surface area contributed by atoms with Crippen LogP contribution in [0.1, 0.15) is 9.88 Å². The van der Waals surface area contributed by atoms with Crippen LogP contribution in [0.4, 0.5) is 0 Å². The third-order valence-corrected chi connectivity index (χ3v) is 4.23. The van der Waals surface area contributed by atoms with Crippen molar-refractivity contribution in [3.8, 4) is 17.0 Å². The van der Waals surface area contributed by atoms with E-state index in [1.165, 1.54) is 9.88 Å². The fourth-order valence-electron chi connectivity index (χ4n) is 2.07. The highest BCUT2D eigenvalue weighted by molar-refractivity contribution is 7.12. The Kier molecular flexibility index (Phi) is 6.17. The van der Waals surface area contributed by atoms with E-state index in [1.54, 1.807) is 25.6 Å². The summed E-state index contributed by atoms with van der Waals surface area (Å²) in [5, 5.41) is 4.51. The van der Waals surface area contributed by atoms with Gasteiger partial charge in [0.1, 0.15) is 5.75 Å². The summed E-state index contributed by atoms with van der Waals surface area (Å²) in [5.41, 5.74) is 2.22. The fraction of sp³-hybridized carbons (Fsp3) is 0.438. The topological polar surface area (TPSA) is 43.4 Å². The molecule has 1 aromatic heterocycles. The SMILES string of the molecule is COCCNCCc1nc(-c2ccc(OC)cc2)c(C)s1. The van der Waals surface area contributed by atoms with Crippen molar-refractivity contribution < 1.29 is 9.47 Å². The largest absolute Gasteiger partial charge is 0.497 e. The average molecular weight is 306 g/mol. The number of hydrogen-bond donors (Lipinski definition) is 1. The molecule has 2 rings (SSSR count). The molecule has 0 fully saturated rings. The van der Waals surface area contributed by atoms with Crippen LogP contribution >= 0.6 is 11.3 Å². The molecule has 0 aliphatic rings. The summed E-state index contributed by atoms with van der Waals surface area (Å²) in [6.07, 6.45) is 0.950. The number of ether oxygens (including phenoxy) is 2. The van der Waals surface area contributed by atoms with Crippen molar-refractivity contribution in [1.29, 1.82) is 0 Å². The number of aryl methyl sites for hydroxylation is 1. The number of benzene rings is 1. The van der Waals surface area contributed by atoms with E-state index in [0.717, 1.165) is 43.1 Å². The first-order valence-electron chi connectivity index (χ1n) is 7.05. The van der Waals surface area contributed by atoms with Crippen LogP contribution in [-0.4, -0.2) is 38.9 Å². The number of nitrogens with one attached hydrogen (secondary N) is 1. The van der Waals surface area contributed by atoms with Crippen LogP contribution in [0.25, 0.3) is 11.3 Å². The van der Waals surface area contributed by atoms with Gasteiger partial charge < -0.3 is 14.8 Å². The predicted octanol–water partition coefficient (Wildman–Crippen LogP) is 2.91. The van der Waals surface area contributed by atoms with Crippen molar-refractivity contribution in [2.45, 2.75) is 13.3 Å². The van der Waals surface area contributed by atoms with Gasteiger partial charge in [0.15, 0.2) is 0 Å². The van der Waals surface area contributed by atoms with Gasteiger partial charge in [0, 0.05) is 37.1 Å². The summed E-state index contributed by atoms with van der Waals surface area (Å²) >= 11 is 1.77. The normalized spacial score (nSPS) is 10.8. The van der Waals surface area contributed by atoms with E-state index in [4.69, 9.17) is 14.5 Å². The number of aromatic nitrogens is 1. The Labute approximate surface area is 130 Å². The minimum Gasteiger partial charge on any atom is -0.497 e. The van der Waals surface area contributed by atoms with Crippen LogP contribution in [0.5, 0.6) is 5.75 Å². The maximum atomic E-state index is 5.19. The summed E-state index contributed by atoms with van der Waals surface area (Å²) in [5.74, 6) is 0.870. The lowest BCUT2D eigenvalue weighted by molar-refractivity contribution is 0.199. The molecular weight excluding hydrogens is 284 g/mol. The maximum absolute atomic E-state index is 5.19. The molecule has 0 aliphatic carbocycles. The highest BCUT2D eigenvalue weighted by atomic mass is 32.1. The third kappa shape index (κ3) is 4.52. The molecule has 1 N–H and O–H groups in total. The lowest BCUT2D eigenvalue weighted by Gasteiger charge is -2.02. The van der Waals surface area contributed by atoms with Crippen molar-refractivity contribution in [2.75, 3.05) is 33.9 Å². The maximum Gasteiger partial charge on any atom is 0.118 e. The van der Waals surface area contributed by atoms with Gasteiger partial charge in [-0.3, -0.25) is 0 Å². The van der Waals surface area contributed by atoms with Gasteiger partial charge >= 0.3 is 0 Å². The zero-order chi connectivity index (χ0) is 15.1. The molecule has 5 heteroatoms. The lowest BCUT2D eigenvalue weighted by Crippen LogP contribution is -2.21. The predicted molar refractivity (Wildman–Crippen MR) is 87.3 cm³/mol. The second kappa shape index (κ2) is 8.12. The Bertz CT molecular complexity index is 552. The molecule has 4 nitrogen and oxygen atoms in total. The molecule has 0 saturated heterocycles. The lowest BCUT2D eigenvalue weighted by atomic mass is 10.1. The van der Waals surface area contributed by atoms with Crippen molar-refractivity contribution in [3.63, 3.8) is 0 Å². The van der Waals surface area contributed by atoms with E-state index in [0.29, 0.717) is 0 Å². The smallest absolute Gasteiger partial charge is 0.118 e. The molecule has 114 valence electrons. The Balaban J connectivity index is 1.97. The summed E-state index contributed by atoms with van der Waals surface area (Å²) in [4.78, 5) is 6.02. The molecule has 0 unspecified atom stereocenters. The van der Waals surface area contributed by atoms with Crippen molar-refractivity contribution in [2.24, 2.45) is 0 Å². The number of nitrogens with zero attached hydrogens (tertiary/aromatic N) is 1.